The Hall–Kier alpha value is -4.90. The Kier molecular flexibility index (Phi) is 10.7. The van der Waals surface area contributed by atoms with Crippen molar-refractivity contribution < 1.29 is 31.1 Å². The third-order valence-corrected chi connectivity index (χ3v) is 7.25. The molecular formula is C32H28F6N6OS. The van der Waals surface area contributed by atoms with Gasteiger partial charge in [0.25, 0.3) is 0 Å². The quantitative estimate of drug-likeness (QED) is 0.144. The Labute approximate surface area is 266 Å². The van der Waals surface area contributed by atoms with Crippen molar-refractivity contribution in [2.45, 2.75) is 44.8 Å². The number of aromatic nitrogens is 2. The van der Waals surface area contributed by atoms with Crippen molar-refractivity contribution >= 4 is 28.9 Å². The molecule has 0 saturated carbocycles. The molecule has 0 aliphatic carbocycles. The van der Waals surface area contributed by atoms with E-state index in [0.29, 0.717) is 17.8 Å². The van der Waals surface area contributed by atoms with Gasteiger partial charge in [-0.25, -0.2) is 4.98 Å². The number of hydrogen-bond donors (Lipinski definition) is 2. The molecule has 0 unspecified atom stereocenters. The number of nitriles is 1. The molecule has 0 radical (unpaired) electrons. The second kappa shape index (κ2) is 14.5. The van der Waals surface area contributed by atoms with E-state index in [9.17, 15) is 31.1 Å². The van der Waals surface area contributed by atoms with Crippen molar-refractivity contribution in [2.24, 2.45) is 0 Å². The van der Waals surface area contributed by atoms with Gasteiger partial charge in [0.2, 0.25) is 5.91 Å². The van der Waals surface area contributed by atoms with Crippen LogP contribution in [0.3, 0.4) is 0 Å². The molecule has 0 saturated heterocycles. The predicted octanol–water partition coefficient (Wildman–Crippen LogP) is 6.79. The van der Waals surface area contributed by atoms with E-state index in [-0.39, 0.29) is 41.8 Å². The first-order valence-corrected chi connectivity index (χ1v) is 14.3. The number of benzene rings is 3. The number of imidazole rings is 1. The lowest BCUT2D eigenvalue weighted by Crippen LogP contribution is -2.46. The summed E-state index contributed by atoms with van der Waals surface area (Å²) in [6.45, 7) is 1.65. The van der Waals surface area contributed by atoms with Crippen LogP contribution < -0.4 is 10.6 Å². The number of nitrogens with one attached hydrogen (secondary N) is 2. The number of carbonyl (C=O) groups is 1. The lowest BCUT2D eigenvalue weighted by Gasteiger charge is -2.30. The van der Waals surface area contributed by atoms with E-state index >= 15 is 0 Å². The molecule has 7 nitrogen and oxygen atoms in total. The standard InChI is InChI=1S/C32H28F6N6OS/c1-21(41-29(45)14-27-16-40-20-44(27)18-23-11-9-22(15-39)10-12-23)17-43(19-24-5-2-3-8-28(24)32(36,37)38)30(46)42-26-7-4-6-25(13-26)31(33,34)35/h2-13,16,20-21H,14,17-19H2,1H3,(H,41,45)(H,42,46)/t21-/m0/s1. The highest BCUT2D eigenvalue weighted by Crippen LogP contribution is 2.33. The zero-order valence-corrected chi connectivity index (χ0v) is 25.2. The predicted molar refractivity (Wildman–Crippen MR) is 163 cm³/mol. The fourth-order valence-corrected chi connectivity index (χ4v) is 4.98. The molecule has 0 bridgehead atoms. The molecule has 14 heteroatoms. The Morgan fingerprint density at radius 2 is 1.74 bits per heavy atom. The maximum absolute atomic E-state index is 13.8. The third kappa shape index (κ3) is 9.31. The number of halogens is 6. The third-order valence-electron chi connectivity index (χ3n) is 6.89. The average Bonchev–Trinajstić information content (AvgIpc) is 3.42. The van der Waals surface area contributed by atoms with Crippen molar-refractivity contribution in [2.75, 3.05) is 11.9 Å². The van der Waals surface area contributed by atoms with Crippen LogP contribution in [-0.4, -0.2) is 38.1 Å². The number of alkyl halides is 6. The first-order chi connectivity index (χ1) is 21.7. The van der Waals surface area contributed by atoms with E-state index in [1.54, 1.807) is 48.3 Å². The monoisotopic (exact) mass is 658 g/mol. The fourth-order valence-electron chi connectivity index (χ4n) is 4.72. The van der Waals surface area contributed by atoms with Gasteiger partial charge < -0.3 is 20.1 Å². The minimum atomic E-state index is -4.65. The molecule has 0 aliphatic heterocycles. The van der Waals surface area contributed by atoms with Crippen molar-refractivity contribution in [1.82, 2.24) is 19.8 Å². The van der Waals surface area contributed by atoms with Gasteiger partial charge in [-0.3, -0.25) is 4.79 Å². The second-order valence-electron chi connectivity index (χ2n) is 10.5. The van der Waals surface area contributed by atoms with E-state index < -0.39 is 29.5 Å². The lowest BCUT2D eigenvalue weighted by atomic mass is 10.1. The molecule has 1 aromatic heterocycles. The van der Waals surface area contributed by atoms with E-state index in [4.69, 9.17) is 17.5 Å². The van der Waals surface area contributed by atoms with Gasteiger partial charge in [-0.1, -0.05) is 36.4 Å². The summed E-state index contributed by atoms with van der Waals surface area (Å²) in [7, 11) is 0. The van der Waals surface area contributed by atoms with E-state index in [1.165, 1.54) is 35.2 Å². The number of anilines is 1. The molecule has 1 heterocycles. The van der Waals surface area contributed by atoms with Crippen LogP contribution in [0.4, 0.5) is 32.0 Å². The first-order valence-electron chi connectivity index (χ1n) is 13.9. The summed E-state index contributed by atoms with van der Waals surface area (Å²) in [6.07, 6.45) is -6.20. The summed E-state index contributed by atoms with van der Waals surface area (Å²) in [6, 6.07) is 17.6. The van der Waals surface area contributed by atoms with Crippen LogP contribution in [0.1, 0.15) is 40.4 Å². The first kappa shape index (κ1) is 34.0. The number of amides is 1. The molecule has 0 aliphatic rings. The topological polar surface area (TPSA) is 86.0 Å². The zero-order chi connectivity index (χ0) is 33.5. The Bertz CT molecular complexity index is 1710. The van der Waals surface area contributed by atoms with Crippen molar-refractivity contribution in [3.63, 3.8) is 0 Å². The van der Waals surface area contributed by atoms with Gasteiger partial charge in [0.15, 0.2) is 5.11 Å². The van der Waals surface area contributed by atoms with Crippen LogP contribution in [-0.2, 0) is 36.7 Å². The van der Waals surface area contributed by atoms with Crippen molar-refractivity contribution in [1.29, 1.82) is 5.26 Å². The molecule has 46 heavy (non-hydrogen) atoms. The molecule has 0 spiro atoms. The molecular weight excluding hydrogens is 630 g/mol. The largest absolute Gasteiger partial charge is 0.416 e. The van der Waals surface area contributed by atoms with E-state index in [2.05, 4.69) is 21.7 Å². The van der Waals surface area contributed by atoms with Gasteiger partial charge >= 0.3 is 12.4 Å². The van der Waals surface area contributed by atoms with Crippen LogP contribution in [0.5, 0.6) is 0 Å². The highest BCUT2D eigenvalue weighted by molar-refractivity contribution is 7.80. The SMILES string of the molecule is C[C@@H](CN(Cc1ccccc1C(F)(F)F)C(=S)Nc1cccc(C(F)(F)F)c1)NC(=O)Cc1cncn1Cc1ccc(C#N)cc1. The molecule has 3 aromatic carbocycles. The van der Waals surface area contributed by atoms with Gasteiger partial charge in [-0.05, 0) is 66.7 Å². The Morgan fingerprint density at radius 1 is 1.02 bits per heavy atom. The van der Waals surface area contributed by atoms with Gasteiger partial charge in [0, 0.05) is 43.3 Å². The Balaban J connectivity index is 1.48. The smallest absolute Gasteiger partial charge is 0.352 e. The number of thiocarbonyl (C=S) groups is 1. The summed E-state index contributed by atoms with van der Waals surface area (Å²) in [4.78, 5) is 18.5. The maximum atomic E-state index is 13.8. The van der Waals surface area contributed by atoms with Gasteiger partial charge in [-0.2, -0.15) is 31.6 Å². The summed E-state index contributed by atoms with van der Waals surface area (Å²) < 4.78 is 82.9. The molecule has 2 N–H and O–H groups in total. The van der Waals surface area contributed by atoms with Crippen LogP contribution in [0.25, 0.3) is 0 Å². The van der Waals surface area contributed by atoms with Crippen LogP contribution in [0.2, 0.25) is 0 Å². The molecule has 1 atom stereocenters. The highest BCUT2D eigenvalue weighted by Gasteiger charge is 2.34. The molecule has 4 aromatic rings. The fraction of sp³-hybridized carbons (Fsp3) is 0.250. The van der Waals surface area contributed by atoms with Gasteiger partial charge in [0.1, 0.15) is 0 Å². The summed E-state index contributed by atoms with van der Waals surface area (Å²) in [5.74, 6) is -0.388. The minimum absolute atomic E-state index is 0.00106. The van der Waals surface area contributed by atoms with E-state index in [0.717, 1.165) is 23.8 Å². The number of rotatable bonds is 10. The summed E-state index contributed by atoms with van der Waals surface area (Å²) in [5.41, 5.74) is 0.107. The molecule has 4 rings (SSSR count). The van der Waals surface area contributed by atoms with Gasteiger partial charge in [-0.15, -0.1) is 0 Å². The second-order valence-corrected chi connectivity index (χ2v) is 10.9. The van der Waals surface area contributed by atoms with Gasteiger partial charge in [0.05, 0.1) is 35.5 Å². The maximum Gasteiger partial charge on any atom is 0.416 e. The van der Waals surface area contributed by atoms with Crippen LogP contribution >= 0.6 is 12.2 Å². The minimum Gasteiger partial charge on any atom is -0.352 e. The summed E-state index contributed by atoms with van der Waals surface area (Å²) >= 11 is 5.46. The van der Waals surface area contributed by atoms with Crippen molar-refractivity contribution in [3.8, 4) is 6.07 Å². The summed E-state index contributed by atoms with van der Waals surface area (Å²) in [5, 5.41) is 14.4. The average molecular weight is 659 g/mol. The zero-order valence-electron chi connectivity index (χ0n) is 24.4. The number of carbonyl (C=O) groups excluding carboxylic acids is 1. The number of nitrogens with zero attached hydrogens (tertiary/aromatic N) is 4. The normalized spacial score (nSPS) is 12.2. The molecule has 240 valence electrons. The molecule has 1 amide bonds. The lowest BCUT2D eigenvalue weighted by molar-refractivity contribution is -0.138. The van der Waals surface area contributed by atoms with E-state index in [1.807, 2.05) is 0 Å². The highest BCUT2D eigenvalue weighted by atomic mass is 32.1. The molecule has 0 fully saturated rings. The van der Waals surface area contributed by atoms with Crippen LogP contribution in [0.15, 0.2) is 85.3 Å². The van der Waals surface area contributed by atoms with Crippen molar-refractivity contribution in [3.05, 3.63) is 119 Å². The van der Waals surface area contributed by atoms with Crippen LogP contribution in [0, 0.1) is 11.3 Å². The number of hydrogen-bond acceptors (Lipinski definition) is 4. The Morgan fingerprint density at radius 3 is 2.41 bits per heavy atom.